The highest BCUT2D eigenvalue weighted by atomic mass is 16.3. The fourth-order valence-corrected chi connectivity index (χ4v) is 3.22. The number of piperidine rings is 1. The predicted octanol–water partition coefficient (Wildman–Crippen LogP) is 0.712. The number of nitrogens with zero attached hydrogens (tertiary/aromatic N) is 1. The van der Waals surface area contributed by atoms with Crippen molar-refractivity contribution in [1.82, 2.24) is 4.90 Å². The van der Waals surface area contributed by atoms with Crippen LogP contribution in [-0.4, -0.2) is 52.5 Å². The molecule has 2 atom stereocenters. The SMILES string of the molecule is C[C@H]1CN(CC[C@]2(O)CC[C@@H](N)CC2)CC[C@@H]1O. The minimum absolute atomic E-state index is 0.142. The normalized spacial score (nSPS) is 43.0. The van der Waals surface area contributed by atoms with Gasteiger partial charge in [0, 0.05) is 25.7 Å². The molecule has 0 radical (unpaired) electrons. The van der Waals surface area contributed by atoms with E-state index in [2.05, 4.69) is 11.8 Å². The van der Waals surface area contributed by atoms with Gasteiger partial charge in [0.25, 0.3) is 0 Å². The molecule has 0 spiro atoms. The van der Waals surface area contributed by atoms with Crippen LogP contribution in [0, 0.1) is 5.92 Å². The molecule has 0 aromatic carbocycles. The second-order valence-corrected chi connectivity index (χ2v) is 6.45. The summed E-state index contributed by atoms with van der Waals surface area (Å²) in [6, 6.07) is 0.287. The summed E-state index contributed by atoms with van der Waals surface area (Å²) in [5, 5.41) is 20.2. The second kappa shape index (κ2) is 5.87. The first-order valence-electron chi connectivity index (χ1n) is 7.37. The average molecular weight is 256 g/mol. The lowest BCUT2D eigenvalue weighted by atomic mass is 9.80. The monoisotopic (exact) mass is 256 g/mol. The standard InChI is InChI=1S/C14H28N2O2/c1-11-10-16(8-4-13(11)17)9-7-14(18)5-2-12(15)3-6-14/h11-13,17-18H,2-10,15H2,1H3/t11-,12-,13-,14+/m0/s1. The Morgan fingerprint density at radius 3 is 2.56 bits per heavy atom. The van der Waals surface area contributed by atoms with Crippen LogP contribution < -0.4 is 5.73 Å². The number of aliphatic hydroxyl groups excluding tert-OH is 1. The Balaban J connectivity index is 1.74. The van der Waals surface area contributed by atoms with E-state index in [-0.39, 0.29) is 12.1 Å². The maximum absolute atomic E-state index is 10.5. The molecule has 1 saturated carbocycles. The lowest BCUT2D eigenvalue weighted by Crippen LogP contribution is -2.45. The third-order valence-corrected chi connectivity index (χ3v) is 4.80. The van der Waals surface area contributed by atoms with Gasteiger partial charge >= 0.3 is 0 Å². The number of nitrogens with two attached hydrogens (primary N) is 1. The third-order valence-electron chi connectivity index (χ3n) is 4.80. The molecule has 0 aromatic rings. The van der Waals surface area contributed by atoms with E-state index in [0.29, 0.717) is 5.92 Å². The first-order valence-corrected chi connectivity index (χ1v) is 7.37. The molecule has 0 amide bonds. The van der Waals surface area contributed by atoms with Crippen LogP contribution in [0.1, 0.15) is 45.4 Å². The maximum atomic E-state index is 10.5. The zero-order valence-electron chi connectivity index (χ0n) is 11.5. The quantitative estimate of drug-likeness (QED) is 0.695. The highest BCUT2D eigenvalue weighted by Crippen LogP contribution is 2.31. The molecule has 0 unspecified atom stereocenters. The van der Waals surface area contributed by atoms with Gasteiger partial charge in [-0.2, -0.15) is 0 Å². The van der Waals surface area contributed by atoms with E-state index in [1.165, 1.54) is 0 Å². The van der Waals surface area contributed by atoms with E-state index in [4.69, 9.17) is 5.73 Å². The lowest BCUT2D eigenvalue weighted by molar-refractivity contribution is -0.0252. The Morgan fingerprint density at radius 2 is 1.94 bits per heavy atom. The first-order chi connectivity index (χ1) is 8.48. The minimum atomic E-state index is -0.491. The maximum Gasteiger partial charge on any atom is 0.0661 e. The van der Waals surface area contributed by atoms with Gasteiger partial charge in [-0.1, -0.05) is 6.92 Å². The Morgan fingerprint density at radius 1 is 1.28 bits per heavy atom. The van der Waals surface area contributed by atoms with Gasteiger partial charge in [-0.3, -0.25) is 0 Å². The summed E-state index contributed by atoms with van der Waals surface area (Å²) in [7, 11) is 0. The van der Waals surface area contributed by atoms with Gasteiger partial charge in [-0.15, -0.1) is 0 Å². The molecule has 1 aliphatic carbocycles. The summed E-state index contributed by atoms with van der Waals surface area (Å²) in [5.41, 5.74) is 5.39. The molecule has 1 heterocycles. The third kappa shape index (κ3) is 3.67. The van der Waals surface area contributed by atoms with Crippen molar-refractivity contribution >= 4 is 0 Å². The fraction of sp³-hybridized carbons (Fsp3) is 1.00. The van der Waals surface area contributed by atoms with E-state index in [1.54, 1.807) is 0 Å². The van der Waals surface area contributed by atoms with Gasteiger partial charge in [0.15, 0.2) is 0 Å². The number of hydrogen-bond donors (Lipinski definition) is 3. The van der Waals surface area contributed by atoms with Crippen molar-refractivity contribution in [2.24, 2.45) is 11.7 Å². The van der Waals surface area contributed by atoms with Crippen LogP contribution in [0.15, 0.2) is 0 Å². The van der Waals surface area contributed by atoms with Crippen molar-refractivity contribution in [3.05, 3.63) is 0 Å². The molecule has 0 aromatic heterocycles. The van der Waals surface area contributed by atoms with Crippen LogP contribution in [0.2, 0.25) is 0 Å². The Bertz CT molecular complexity index is 265. The van der Waals surface area contributed by atoms with Crippen molar-refractivity contribution in [3.63, 3.8) is 0 Å². The molecule has 1 saturated heterocycles. The van der Waals surface area contributed by atoms with Gasteiger partial charge in [-0.05, 0) is 44.4 Å². The fourth-order valence-electron chi connectivity index (χ4n) is 3.22. The molecule has 106 valence electrons. The smallest absolute Gasteiger partial charge is 0.0661 e. The van der Waals surface area contributed by atoms with Crippen LogP contribution in [-0.2, 0) is 0 Å². The van der Waals surface area contributed by atoms with Gasteiger partial charge in [0.05, 0.1) is 11.7 Å². The summed E-state index contributed by atoms with van der Waals surface area (Å²) in [5.74, 6) is 0.355. The van der Waals surface area contributed by atoms with Crippen molar-refractivity contribution in [2.75, 3.05) is 19.6 Å². The Labute approximate surface area is 110 Å². The molecule has 2 aliphatic rings. The van der Waals surface area contributed by atoms with Crippen molar-refractivity contribution in [2.45, 2.75) is 63.2 Å². The zero-order chi connectivity index (χ0) is 13.2. The molecule has 4 N–H and O–H groups in total. The van der Waals surface area contributed by atoms with Crippen molar-refractivity contribution < 1.29 is 10.2 Å². The number of likely N-dealkylation sites (tertiary alicyclic amines) is 1. The molecular formula is C14H28N2O2. The number of aliphatic hydroxyl groups is 2. The van der Waals surface area contributed by atoms with Crippen LogP contribution in [0.5, 0.6) is 0 Å². The highest BCUT2D eigenvalue weighted by Gasteiger charge is 2.33. The average Bonchev–Trinajstić information content (AvgIpc) is 2.35. The van der Waals surface area contributed by atoms with Gasteiger partial charge in [-0.25, -0.2) is 0 Å². The van der Waals surface area contributed by atoms with Crippen LogP contribution in [0.4, 0.5) is 0 Å². The van der Waals surface area contributed by atoms with E-state index in [1.807, 2.05) is 0 Å². The molecule has 2 fully saturated rings. The summed E-state index contributed by atoms with van der Waals surface area (Å²) >= 11 is 0. The number of hydrogen-bond acceptors (Lipinski definition) is 4. The molecule has 18 heavy (non-hydrogen) atoms. The summed E-state index contributed by atoms with van der Waals surface area (Å²) < 4.78 is 0. The molecule has 4 heteroatoms. The van der Waals surface area contributed by atoms with Gasteiger partial charge in [0.2, 0.25) is 0 Å². The van der Waals surface area contributed by atoms with E-state index in [9.17, 15) is 10.2 Å². The van der Waals surface area contributed by atoms with Gasteiger partial charge < -0.3 is 20.8 Å². The molecule has 1 aliphatic heterocycles. The topological polar surface area (TPSA) is 69.7 Å². The van der Waals surface area contributed by atoms with E-state index in [0.717, 1.165) is 58.2 Å². The molecule has 2 rings (SSSR count). The first kappa shape index (κ1) is 14.3. The molecule has 0 bridgehead atoms. The van der Waals surface area contributed by atoms with Crippen LogP contribution in [0.25, 0.3) is 0 Å². The summed E-state index contributed by atoms with van der Waals surface area (Å²) in [6.07, 6.45) is 5.17. The van der Waals surface area contributed by atoms with Gasteiger partial charge in [0.1, 0.15) is 0 Å². The molecular weight excluding hydrogens is 228 g/mol. The zero-order valence-corrected chi connectivity index (χ0v) is 11.5. The second-order valence-electron chi connectivity index (χ2n) is 6.45. The Hall–Kier alpha value is -0.160. The predicted molar refractivity (Wildman–Crippen MR) is 72.2 cm³/mol. The number of rotatable bonds is 3. The lowest BCUT2D eigenvalue weighted by Gasteiger charge is -2.39. The van der Waals surface area contributed by atoms with E-state index >= 15 is 0 Å². The Kier molecular flexibility index (Phi) is 4.64. The van der Waals surface area contributed by atoms with Crippen LogP contribution >= 0.6 is 0 Å². The van der Waals surface area contributed by atoms with Crippen molar-refractivity contribution in [1.29, 1.82) is 0 Å². The molecule has 4 nitrogen and oxygen atoms in total. The van der Waals surface area contributed by atoms with E-state index < -0.39 is 5.60 Å². The van der Waals surface area contributed by atoms with Crippen LogP contribution in [0.3, 0.4) is 0 Å². The minimum Gasteiger partial charge on any atom is -0.393 e. The largest absolute Gasteiger partial charge is 0.393 e. The summed E-state index contributed by atoms with van der Waals surface area (Å²) in [6.45, 7) is 4.96. The summed E-state index contributed by atoms with van der Waals surface area (Å²) in [4.78, 5) is 2.38. The highest BCUT2D eigenvalue weighted by molar-refractivity contribution is 4.88. The van der Waals surface area contributed by atoms with Crippen molar-refractivity contribution in [3.8, 4) is 0 Å².